The Balaban J connectivity index is 1.04. The second-order valence-electron chi connectivity index (χ2n) is 29.1. The van der Waals surface area contributed by atoms with Gasteiger partial charge in [-0.25, -0.2) is 14.4 Å². The molecule has 100 heavy (non-hydrogen) atoms. The Labute approximate surface area is 588 Å². The zero-order chi connectivity index (χ0) is 73.2. The lowest BCUT2D eigenvalue weighted by Gasteiger charge is -2.29. The highest BCUT2D eigenvalue weighted by Crippen LogP contribution is 2.45. The van der Waals surface area contributed by atoms with Gasteiger partial charge in [-0.05, 0) is 177 Å². The minimum Gasteiger partial charge on any atom is -0.467 e. The Hall–Kier alpha value is -8.95. The van der Waals surface area contributed by atoms with Crippen molar-refractivity contribution in [3.05, 3.63) is 120 Å². The molecule has 4 aromatic carbocycles. The van der Waals surface area contributed by atoms with E-state index in [-0.39, 0.29) is 107 Å². The van der Waals surface area contributed by atoms with E-state index in [1.807, 2.05) is 91.0 Å². The topological polar surface area (TPSA) is 303 Å². The van der Waals surface area contributed by atoms with Gasteiger partial charge in [-0.15, -0.1) is 0 Å². The Bertz CT molecular complexity index is 3440. The molecule has 4 aromatic rings. The Morgan fingerprint density at radius 1 is 0.530 bits per heavy atom. The average molecular weight is 1380 g/mol. The zero-order valence-corrected chi connectivity index (χ0v) is 60.1. The summed E-state index contributed by atoms with van der Waals surface area (Å²) in [6.07, 6.45) is 5.44. The highest BCUT2D eigenvalue weighted by molar-refractivity contribution is 5.92. The van der Waals surface area contributed by atoms with Gasteiger partial charge in [-0.1, -0.05) is 116 Å². The van der Waals surface area contributed by atoms with Gasteiger partial charge in [0.1, 0.15) is 53.9 Å². The van der Waals surface area contributed by atoms with Crippen LogP contribution in [0.25, 0.3) is 21.9 Å². The number of carbonyl (C=O) groups excluding carboxylic acids is 11. The molecule has 22 heteroatoms. The molecule has 0 radical (unpaired) electrons. The molecular formula is C78H105N5O17. The second kappa shape index (κ2) is 38.6. The van der Waals surface area contributed by atoms with Gasteiger partial charge in [0.25, 0.3) is 0 Å². The van der Waals surface area contributed by atoms with E-state index in [1.54, 1.807) is 62.3 Å². The number of hydrogen-bond acceptors (Lipinski definition) is 17. The second-order valence-corrected chi connectivity index (χ2v) is 29.1. The van der Waals surface area contributed by atoms with Crippen molar-refractivity contribution in [1.82, 2.24) is 26.6 Å². The van der Waals surface area contributed by atoms with Crippen LogP contribution in [0.1, 0.15) is 194 Å². The molecule has 6 rings (SSSR count). The van der Waals surface area contributed by atoms with E-state index in [0.29, 0.717) is 57.8 Å². The maximum absolute atomic E-state index is 14.3. The number of fused-ring (bicyclic) bond motifs is 4. The molecule has 2 aliphatic rings. The number of urea groups is 1. The minimum atomic E-state index is -1.25. The Morgan fingerprint density at radius 2 is 1.12 bits per heavy atom. The summed E-state index contributed by atoms with van der Waals surface area (Å²) in [5, 5.41) is 16.0. The number of nitrogens with one attached hydrogen (secondary N) is 5. The van der Waals surface area contributed by atoms with Crippen molar-refractivity contribution >= 4 is 76.1 Å². The van der Waals surface area contributed by atoms with Crippen LogP contribution in [-0.2, 0) is 82.8 Å². The number of amides is 5. The molecule has 1 fully saturated rings. The molecular weight excluding hydrogens is 1280 g/mol. The third-order valence-electron chi connectivity index (χ3n) is 17.4. The lowest BCUT2D eigenvalue weighted by Crippen LogP contribution is -2.52. The molecule has 544 valence electrons. The van der Waals surface area contributed by atoms with Crippen LogP contribution in [0, 0.1) is 23.7 Å². The van der Waals surface area contributed by atoms with E-state index in [0.717, 1.165) is 38.6 Å². The molecule has 0 spiro atoms. The summed E-state index contributed by atoms with van der Waals surface area (Å²) in [7, 11) is 1.18. The van der Waals surface area contributed by atoms with Crippen LogP contribution < -0.4 is 26.6 Å². The maximum atomic E-state index is 14.3. The molecule has 0 bridgehead atoms. The predicted octanol–water partition coefficient (Wildman–Crippen LogP) is 11.1. The smallest absolute Gasteiger partial charge is 0.329 e. The van der Waals surface area contributed by atoms with Crippen molar-refractivity contribution in [2.45, 2.75) is 219 Å². The average Bonchev–Trinajstić information content (AvgIpc) is 1.62. The molecule has 5 unspecified atom stereocenters. The molecule has 0 aliphatic heterocycles. The Morgan fingerprint density at radius 3 is 1.75 bits per heavy atom. The van der Waals surface area contributed by atoms with Crippen molar-refractivity contribution < 1.29 is 81.2 Å². The molecule has 22 nitrogen and oxygen atoms in total. The van der Waals surface area contributed by atoms with Gasteiger partial charge >= 0.3 is 41.8 Å². The molecule has 0 saturated heterocycles. The fourth-order valence-electron chi connectivity index (χ4n) is 12.5. The molecule has 0 aromatic heterocycles. The van der Waals surface area contributed by atoms with Crippen LogP contribution >= 0.6 is 0 Å². The first-order valence-corrected chi connectivity index (χ1v) is 35.2. The van der Waals surface area contributed by atoms with Crippen LogP contribution in [-0.4, -0.2) is 134 Å². The van der Waals surface area contributed by atoms with E-state index >= 15 is 0 Å². The molecule has 1 saturated carbocycles. The zero-order valence-electron chi connectivity index (χ0n) is 60.1. The van der Waals surface area contributed by atoms with Crippen molar-refractivity contribution in [3.8, 4) is 11.1 Å². The number of ether oxygens (including phenoxy) is 6. The summed E-state index contributed by atoms with van der Waals surface area (Å²) in [5.74, 6) is -7.91. The van der Waals surface area contributed by atoms with E-state index in [1.165, 1.54) is 13.2 Å². The number of Topliss-reactive ketones (excluding diaryl/α,β-unsaturated/α-hetero) is 1. The van der Waals surface area contributed by atoms with Crippen LogP contribution in [0.4, 0.5) is 4.79 Å². The number of hydrogen-bond donors (Lipinski definition) is 5. The molecule has 2 aliphatic carbocycles. The van der Waals surface area contributed by atoms with Gasteiger partial charge in [0.15, 0.2) is 0 Å². The standard InChI is InChI=1S/C78H105N5O17/c1-12-42-96-67(86)32-15-13-14-30-62(81-66(85)46-56(72(91)99-77(5,6)7)47-69(88)97-49-61-59-28-20-18-26-57(59)58-27-19-21-29-60(58)61)71(90)80-48-50-33-37-53(38-34-50)65(84)45-55(44-51-35-36-52-24-16-17-25-54(52)43-51)70(89)79-41-23-22-31-63(73(92)95-11)82-75(94)83-64(74(93)100-78(8,9)10)39-40-68(87)98-76(2,3)4/h12,16-21,24-29,35-36,43,50,53,55-56,61-64H,1,13-15,22-23,30-34,37-42,44-49H2,2-11H3,(H,79,89)(H,80,90)(H,81,85)(H2,82,83,94). The van der Waals surface area contributed by atoms with E-state index in [4.69, 9.17) is 28.4 Å². The lowest BCUT2D eigenvalue weighted by atomic mass is 9.77. The van der Waals surface area contributed by atoms with Crippen LogP contribution in [0.15, 0.2) is 104 Å². The lowest BCUT2D eigenvalue weighted by molar-refractivity contribution is -0.165. The van der Waals surface area contributed by atoms with Crippen molar-refractivity contribution in [2.24, 2.45) is 23.7 Å². The third-order valence-corrected chi connectivity index (χ3v) is 17.4. The van der Waals surface area contributed by atoms with E-state index in [9.17, 15) is 52.7 Å². The molecule has 5 N–H and O–H groups in total. The van der Waals surface area contributed by atoms with Gasteiger partial charge in [0.05, 0.1) is 19.4 Å². The van der Waals surface area contributed by atoms with Gasteiger partial charge in [0, 0.05) is 56.5 Å². The van der Waals surface area contributed by atoms with Crippen molar-refractivity contribution in [1.29, 1.82) is 0 Å². The summed E-state index contributed by atoms with van der Waals surface area (Å²) < 4.78 is 32.6. The van der Waals surface area contributed by atoms with Crippen LogP contribution in [0.5, 0.6) is 0 Å². The predicted molar refractivity (Wildman–Crippen MR) is 378 cm³/mol. The number of methoxy groups -OCH3 is 1. The number of ketones is 1. The quantitative estimate of drug-likeness (QED) is 0.0121. The highest BCUT2D eigenvalue weighted by Gasteiger charge is 2.36. The largest absolute Gasteiger partial charge is 0.467 e. The minimum absolute atomic E-state index is 0.00953. The van der Waals surface area contributed by atoms with Crippen molar-refractivity contribution in [2.75, 3.05) is 33.4 Å². The van der Waals surface area contributed by atoms with Gasteiger partial charge in [0.2, 0.25) is 17.7 Å². The first-order valence-electron chi connectivity index (χ1n) is 35.2. The summed E-state index contributed by atoms with van der Waals surface area (Å²) in [6, 6.07) is 25.4. The van der Waals surface area contributed by atoms with Crippen molar-refractivity contribution in [3.63, 3.8) is 0 Å². The first-order chi connectivity index (χ1) is 47.4. The van der Waals surface area contributed by atoms with Crippen LogP contribution in [0.2, 0.25) is 0 Å². The van der Waals surface area contributed by atoms with E-state index in [2.05, 4.69) is 33.2 Å². The monoisotopic (exact) mass is 1380 g/mol. The summed E-state index contributed by atoms with van der Waals surface area (Å²) >= 11 is 0. The number of rotatable bonds is 37. The SMILES string of the molecule is C=CCOC(=O)CCCCCC(NC(=O)CC(CC(=O)OCC1c2ccccc2-c2ccccc21)C(=O)OC(C)(C)C)C(=O)NCC1CCC(C(=O)CC(Cc2ccc3ccccc3c2)C(=O)NCCCCC(NC(=O)NC(CCC(=O)OC(C)(C)C)C(=O)OC(C)(C)C)C(=O)OC)CC1. The van der Waals surface area contributed by atoms with Crippen LogP contribution in [0.3, 0.4) is 0 Å². The number of carbonyl (C=O) groups is 11. The number of benzene rings is 4. The highest BCUT2D eigenvalue weighted by atomic mass is 16.6. The molecule has 5 atom stereocenters. The fraction of sp³-hybridized carbons (Fsp3) is 0.551. The van der Waals surface area contributed by atoms with E-state index < -0.39 is 107 Å². The van der Waals surface area contributed by atoms with Gasteiger partial charge in [-0.3, -0.25) is 38.4 Å². The summed E-state index contributed by atoms with van der Waals surface area (Å²) in [6.45, 7) is 19.3. The maximum Gasteiger partial charge on any atom is 0.329 e. The summed E-state index contributed by atoms with van der Waals surface area (Å²) in [4.78, 5) is 149. The number of unbranched alkanes of at least 4 members (excludes halogenated alkanes) is 3. The third kappa shape index (κ3) is 27.3. The summed E-state index contributed by atoms with van der Waals surface area (Å²) in [5.41, 5.74) is 2.41. The Kier molecular flexibility index (Phi) is 30.9. The molecule has 0 heterocycles. The fourth-order valence-corrected chi connectivity index (χ4v) is 12.5. The molecule has 5 amide bonds. The number of esters is 6. The van der Waals surface area contributed by atoms with Gasteiger partial charge < -0.3 is 55.0 Å². The van der Waals surface area contributed by atoms with Gasteiger partial charge in [-0.2, -0.15) is 0 Å². The first kappa shape index (κ1) is 80.0. The normalized spacial score (nSPS) is 15.9.